The number of benzene rings is 2. The van der Waals surface area contributed by atoms with E-state index >= 15 is 0 Å². The van der Waals surface area contributed by atoms with Crippen molar-refractivity contribution < 1.29 is 13.5 Å². The summed E-state index contributed by atoms with van der Waals surface area (Å²) < 4.78 is 24.4. The van der Waals surface area contributed by atoms with E-state index in [1.54, 1.807) is 24.3 Å². The second-order valence-corrected chi connectivity index (χ2v) is 10.6. The zero-order chi connectivity index (χ0) is 21.8. The first-order valence-corrected chi connectivity index (χ1v) is 12.9. The molecular weight excluding hydrogens is 432 g/mol. The second-order valence-electron chi connectivity index (χ2n) is 7.56. The first kappa shape index (κ1) is 21.8. The molecule has 1 heterocycles. The van der Waals surface area contributed by atoms with Gasteiger partial charge in [-0.2, -0.15) is 0 Å². The number of thioether (sulfide) groups is 1. The number of aryl methyl sites for hydroxylation is 1. The molecule has 0 unspecified atom stereocenters. The predicted octanol–water partition coefficient (Wildman–Crippen LogP) is 3.37. The van der Waals surface area contributed by atoms with Crippen molar-refractivity contribution in [1.82, 2.24) is 9.97 Å². The molecule has 1 aliphatic carbocycles. The van der Waals surface area contributed by atoms with Gasteiger partial charge in [0.25, 0.3) is 5.56 Å². The topological polar surface area (TPSA) is 100 Å². The lowest BCUT2D eigenvalue weighted by Gasteiger charge is -2.07. The average molecular weight is 457 g/mol. The average Bonchev–Trinajstić information content (AvgIpc) is 3.26. The lowest BCUT2D eigenvalue weighted by molar-refractivity contribution is 0.295. The van der Waals surface area contributed by atoms with Gasteiger partial charge < -0.3 is 10.1 Å². The maximum Gasteiger partial charge on any atom is 0.254 e. The molecule has 0 amide bonds. The zero-order valence-corrected chi connectivity index (χ0v) is 18.6. The molecule has 0 bridgehead atoms. The van der Waals surface area contributed by atoms with Crippen LogP contribution in [0, 0.1) is 0 Å². The minimum Gasteiger partial charge on any atom is -0.396 e. The molecule has 6 nitrogen and oxygen atoms in total. The fourth-order valence-corrected chi connectivity index (χ4v) is 5.79. The van der Waals surface area contributed by atoms with Crippen LogP contribution in [0.5, 0.6) is 0 Å². The van der Waals surface area contributed by atoms with Crippen molar-refractivity contribution in [1.29, 1.82) is 0 Å². The van der Waals surface area contributed by atoms with E-state index in [0.717, 1.165) is 47.2 Å². The van der Waals surface area contributed by atoms with Crippen LogP contribution < -0.4 is 5.56 Å². The molecule has 0 saturated heterocycles. The number of nitrogens with one attached hydrogen (secondary N) is 1. The van der Waals surface area contributed by atoms with Crippen molar-refractivity contribution in [2.75, 3.05) is 12.4 Å². The Hall–Kier alpha value is -2.42. The molecule has 0 saturated carbocycles. The van der Waals surface area contributed by atoms with Crippen molar-refractivity contribution >= 4 is 21.6 Å². The van der Waals surface area contributed by atoms with Gasteiger partial charge in [-0.1, -0.05) is 48.2 Å². The SMILES string of the molecule is O=c1[nH]c(SCc2ccc(-c3ccc(S(=O)(=O)CCCO)cc3)cc2)nc2c1CCC2. The van der Waals surface area contributed by atoms with E-state index in [4.69, 9.17) is 5.11 Å². The van der Waals surface area contributed by atoms with Crippen LogP contribution in [0.3, 0.4) is 0 Å². The van der Waals surface area contributed by atoms with Gasteiger partial charge in [-0.25, -0.2) is 13.4 Å². The quantitative estimate of drug-likeness (QED) is 0.398. The summed E-state index contributed by atoms with van der Waals surface area (Å²) in [6.45, 7) is -0.138. The van der Waals surface area contributed by atoms with E-state index in [9.17, 15) is 13.2 Å². The number of hydrogen-bond donors (Lipinski definition) is 2. The standard InChI is InChI=1S/C23H24N2O4S2/c26-13-2-14-31(28,29)19-11-9-18(10-12-19)17-7-5-16(6-8-17)15-30-23-24-21-4-1-3-20(21)22(27)25-23/h5-12,26H,1-4,13-15H2,(H,24,25,27). The third-order valence-corrected chi connectivity index (χ3v) is 8.13. The van der Waals surface area contributed by atoms with Crippen LogP contribution in [0.4, 0.5) is 0 Å². The first-order valence-electron chi connectivity index (χ1n) is 10.2. The molecule has 8 heteroatoms. The number of H-pyrrole nitrogens is 1. The second kappa shape index (κ2) is 9.38. The number of sulfone groups is 1. The Morgan fingerprint density at radius 1 is 1.00 bits per heavy atom. The molecule has 3 aromatic rings. The smallest absolute Gasteiger partial charge is 0.254 e. The summed E-state index contributed by atoms with van der Waals surface area (Å²) in [5.41, 5.74) is 4.80. The van der Waals surface area contributed by atoms with Crippen molar-refractivity contribution in [3.05, 3.63) is 75.7 Å². The highest BCUT2D eigenvalue weighted by Gasteiger charge is 2.17. The summed E-state index contributed by atoms with van der Waals surface area (Å²) in [5, 5.41) is 9.52. The molecule has 1 aliphatic rings. The lowest BCUT2D eigenvalue weighted by atomic mass is 10.0. The van der Waals surface area contributed by atoms with E-state index in [2.05, 4.69) is 9.97 Å². The molecule has 0 atom stereocenters. The Bertz CT molecular complexity index is 1220. The van der Waals surface area contributed by atoms with Crippen molar-refractivity contribution in [3.8, 4) is 11.1 Å². The van der Waals surface area contributed by atoms with Crippen LogP contribution in [0.15, 0.2) is 63.4 Å². The predicted molar refractivity (Wildman–Crippen MR) is 122 cm³/mol. The molecule has 2 N–H and O–H groups in total. The van der Waals surface area contributed by atoms with Gasteiger partial charge >= 0.3 is 0 Å². The fourth-order valence-electron chi connectivity index (χ4n) is 3.66. The summed E-state index contributed by atoms with van der Waals surface area (Å²) in [7, 11) is -3.36. The molecule has 31 heavy (non-hydrogen) atoms. The summed E-state index contributed by atoms with van der Waals surface area (Å²) >= 11 is 1.52. The molecule has 0 fully saturated rings. The highest BCUT2D eigenvalue weighted by atomic mass is 32.2. The number of aliphatic hydroxyl groups excluding tert-OH is 1. The Balaban J connectivity index is 1.41. The van der Waals surface area contributed by atoms with E-state index in [0.29, 0.717) is 10.9 Å². The van der Waals surface area contributed by atoms with E-state index < -0.39 is 9.84 Å². The Morgan fingerprint density at radius 3 is 2.35 bits per heavy atom. The maximum absolute atomic E-state index is 12.2. The molecule has 0 aliphatic heterocycles. The normalized spacial score (nSPS) is 13.3. The summed E-state index contributed by atoms with van der Waals surface area (Å²) in [6, 6.07) is 14.9. The number of aromatic nitrogens is 2. The third-order valence-electron chi connectivity index (χ3n) is 5.37. The highest BCUT2D eigenvalue weighted by molar-refractivity contribution is 7.98. The summed E-state index contributed by atoms with van der Waals surface area (Å²) in [6.07, 6.45) is 2.93. The zero-order valence-electron chi connectivity index (χ0n) is 17.0. The largest absolute Gasteiger partial charge is 0.396 e. The van der Waals surface area contributed by atoms with Gasteiger partial charge in [0.15, 0.2) is 15.0 Å². The number of fused-ring (bicyclic) bond motifs is 1. The number of hydrogen-bond acceptors (Lipinski definition) is 6. The van der Waals surface area contributed by atoms with Gasteiger partial charge in [-0.05, 0) is 54.5 Å². The van der Waals surface area contributed by atoms with Crippen LogP contribution >= 0.6 is 11.8 Å². The molecule has 1 aromatic heterocycles. The van der Waals surface area contributed by atoms with Crippen molar-refractivity contribution in [3.63, 3.8) is 0 Å². The Labute approximate surface area is 185 Å². The summed E-state index contributed by atoms with van der Waals surface area (Å²) in [4.78, 5) is 19.9. The third kappa shape index (κ3) is 5.08. The van der Waals surface area contributed by atoms with E-state index in [-0.39, 0.29) is 29.2 Å². The van der Waals surface area contributed by atoms with Crippen LogP contribution in [0.2, 0.25) is 0 Å². The maximum atomic E-state index is 12.2. The van der Waals surface area contributed by atoms with Crippen molar-refractivity contribution in [2.24, 2.45) is 0 Å². The van der Waals surface area contributed by atoms with Crippen LogP contribution in [0.1, 0.15) is 29.7 Å². The van der Waals surface area contributed by atoms with Gasteiger partial charge in [0.05, 0.1) is 16.3 Å². The molecular formula is C23H24N2O4S2. The van der Waals surface area contributed by atoms with Crippen LogP contribution in [-0.2, 0) is 28.4 Å². The van der Waals surface area contributed by atoms with Crippen LogP contribution in [0.25, 0.3) is 11.1 Å². The molecule has 0 radical (unpaired) electrons. The van der Waals surface area contributed by atoms with Gasteiger partial charge in [0.2, 0.25) is 0 Å². The molecule has 162 valence electrons. The van der Waals surface area contributed by atoms with Crippen LogP contribution in [-0.4, -0.2) is 35.9 Å². The minimum atomic E-state index is -3.36. The fraction of sp³-hybridized carbons (Fsp3) is 0.304. The van der Waals surface area contributed by atoms with E-state index in [1.165, 1.54) is 11.8 Å². The van der Waals surface area contributed by atoms with Gasteiger partial charge in [0, 0.05) is 17.9 Å². The highest BCUT2D eigenvalue weighted by Crippen LogP contribution is 2.26. The van der Waals surface area contributed by atoms with Gasteiger partial charge in [-0.15, -0.1) is 0 Å². The molecule has 4 rings (SSSR count). The lowest BCUT2D eigenvalue weighted by Crippen LogP contribution is -2.14. The van der Waals surface area contributed by atoms with E-state index in [1.807, 2.05) is 24.3 Å². The number of nitrogens with zero attached hydrogens (tertiary/aromatic N) is 1. The van der Waals surface area contributed by atoms with Gasteiger partial charge in [-0.3, -0.25) is 4.79 Å². The summed E-state index contributed by atoms with van der Waals surface area (Å²) in [5.74, 6) is 0.642. The monoisotopic (exact) mass is 456 g/mol. The minimum absolute atomic E-state index is 0.0119. The number of aliphatic hydroxyl groups is 1. The Morgan fingerprint density at radius 2 is 1.68 bits per heavy atom. The molecule has 2 aromatic carbocycles. The number of rotatable bonds is 8. The number of aromatic amines is 1. The van der Waals surface area contributed by atoms with Gasteiger partial charge in [0.1, 0.15) is 0 Å². The Kier molecular flexibility index (Phi) is 6.60. The first-order chi connectivity index (χ1) is 15.0. The van der Waals surface area contributed by atoms with Crippen molar-refractivity contribution in [2.45, 2.75) is 41.5 Å². The molecule has 0 spiro atoms.